The normalized spacial score (nSPS) is 21.2. The number of benzene rings is 2. The molecular formula is C24H22N2OS. The lowest BCUT2D eigenvalue weighted by Gasteiger charge is -2.29. The topological polar surface area (TPSA) is 41.1 Å². The monoisotopic (exact) mass is 386 g/mol. The van der Waals surface area contributed by atoms with Crippen LogP contribution < -0.4 is 10.6 Å². The molecule has 140 valence electrons. The lowest BCUT2D eigenvalue weighted by Crippen LogP contribution is -2.26. The predicted molar refractivity (Wildman–Crippen MR) is 116 cm³/mol. The van der Waals surface area contributed by atoms with Crippen LogP contribution in [0.5, 0.6) is 0 Å². The zero-order chi connectivity index (χ0) is 19.1. The van der Waals surface area contributed by atoms with Crippen LogP contribution in [0.2, 0.25) is 0 Å². The maximum atomic E-state index is 13.4. The summed E-state index contributed by atoms with van der Waals surface area (Å²) in [7, 11) is 0. The molecule has 0 radical (unpaired) electrons. The minimum atomic E-state index is -0.103. The number of nitrogens with one attached hydrogen (secondary N) is 2. The molecule has 1 aliphatic carbocycles. The van der Waals surface area contributed by atoms with E-state index in [1.807, 2.05) is 18.2 Å². The predicted octanol–water partition coefficient (Wildman–Crippen LogP) is 6.04. The Hall–Kier alpha value is -2.85. The quantitative estimate of drug-likeness (QED) is 0.564. The summed E-state index contributed by atoms with van der Waals surface area (Å²) in [5, 5.41) is 7.24. The van der Waals surface area contributed by atoms with Gasteiger partial charge < -0.3 is 10.6 Å². The van der Waals surface area contributed by atoms with E-state index in [2.05, 4.69) is 66.1 Å². The Morgan fingerprint density at radius 3 is 2.39 bits per heavy atom. The third-order valence-corrected chi connectivity index (χ3v) is 6.69. The Morgan fingerprint density at radius 1 is 0.893 bits per heavy atom. The summed E-state index contributed by atoms with van der Waals surface area (Å²) in [5.41, 5.74) is 5.26. The molecule has 2 aromatic carbocycles. The zero-order valence-corrected chi connectivity index (χ0v) is 16.6. The molecule has 3 nitrogen and oxygen atoms in total. The fraction of sp³-hybridized carbons (Fsp3) is 0.208. The number of thiophene rings is 1. The molecule has 0 spiro atoms. The van der Waals surface area contributed by atoms with E-state index < -0.39 is 0 Å². The highest BCUT2D eigenvalue weighted by molar-refractivity contribution is 7.12. The number of rotatable bonds is 2. The summed E-state index contributed by atoms with van der Waals surface area (Å²) >= 11 is 1.76. The van der Waals surface area contributed by atoms with Crippen molar-refractivity contribution in [1.82, 2.24) is 0 Å². The van der Waals surface area contributed by atoms with E-state index in [1.165, 1.54) is 15.3 Å². The van der Waals surface area contributed by atoms with Crippen LogP contribution in [-0.2, 0) is 4.79 Å². The average molecular weight is 387 g/mol. The van der Waals surface area contributed by atoms with Crippen LogP contribution >= 0.6 is 11.3 Å². The van der Waals surface area contributed by atoms with Gasteiger partial charge in [0.05, 0.1) is 17.4 Å². The molecule has 3 aromatic rings. The van der Waals surface area contributed by atoms with Gasteiger partial charge in [0.2, 0.25) is 0 Å². The first-order valence-corrected chi connectivity index (χ1v) is 10.5. The van der Waals surface area contributed by atoms with Crippen LogP contribution in [0.15, 0.2) is 78.0 Å². The number of carbonyl (C=O) groups is 1. The van der Waals surface area contributed by atoms with E-state index in [-0.39, 0.29) is 17.7 Å². The van der Waals surface area contributed by atoms with Gasteiger partial charge in [-0.15, -0.1) is 11.3 Å². The number of para-hydroxylation sites is 2. The number of fused-ring (bicyclic) bond motifs is 1. The molecule has 0 saturated carbocycles. The van der Waals surface area contributed by atoms with Gasteiger partial charge in [-0.2, -0.15) is 0 Å². The van der Waals surface area contributed by atoms with E-state index in [0.717, 1.165) is 29.1 Å². The molecule has 5 rings (SSSR count). The van der Waals surface area contributed by atoms with Crippen molar-refractivity contribution >= 4 is 28.5 Å². The molecule has 1 aliphatic heterocycles. The second kappa shape index (κ2) is 6.95. The number of Topliss-reactive ketones (excluding diaryl/α,β-unsaturated/α-hetero) is 1. The molecule has 0 saturated heterocycles. The van der Waals surface area contributed by atoms with Crippen LogP contribution in [0.1, 0.15) is 40.1 Å². The van der Waals surface area contributed by atoms with Gasteiger partial charge in [-0.1, -0.05) is 42.5 Å². The Bertz CT molecular complexity index is 1070. The van der Waals surface area contributed by atoms with Gasteiger partial charge in [0.1, 0.15) is 0 Å². The van der Waals surface area contributed by atoms with E-state index in [1.54, 1.807) is 11.3 Å². The molecule has 2 atom stereocenters. The summed E-state index contributed by atoms with van der Waals surface area (Å²) in [4.78, 5) is 15.8. The fourth-order valence-electron chi connectivity index (χ4n) is 4.28. The van der Waals surface area contributed by atoms with Crippen LogP contribution in [0.3, 0.4) is 0 Å². The highest BCUT2D eigenvalue weighted by Gasteiger charge is 2.36. The number of anilines is 2. The standard InChI is InChI=1S/C24H22N2OS/c1-15-11-12-22(28-15)24-23-20(25-18-9-5-6-10-19(18)26-24)13-17(14-21(23)27)16-7-3-2-4-8-16/h2-12,17,24-26H,13-14H2,1H3/t17-,24+/m1/s1. The van der Waals surface area contributed by atoms with Gasteiger partial charge in [-0.3, -0.25) is 4.79 Å². The molecule has 0 fully saturated rings. The largest absolute Gasteiger partial charge is 0.372 e. The Morgan fingerprint density at radius 2 is 1.64 bits per heavy atom. The van der Waals surface area contributed by atoms with Crippen molar-refractivity contribution in [1.29, 1.82) is 0 Å². The number of hydrogen-bond donors (Lipinski definition) is 2. The summed E-state index contributed by atoms with van der Waals surface area (Å²) < 4.78 is 0. The number of carbonyl (C=O) groups excluding carboxylic acids is 1. The summed E-state index contributed by atoms with van der Waals surface area (Å²) in [5.74, 6) is 0.454. The van der Waals surface area contributed by atoms with Gasteiger partial charge in [0.15, 0.2) is 5.78 Å². The summed E-state index contributed by atoms with van der Waals surface area (Å²) in [6, 6.07) is 22.8. The van der Waals surface area contributed by atoms with Crippen LogP contribution in [-0.4, -0.2) is 5.78 Å². The van der Waals surface area contributed by atoms with Crippen molar-refractivity contribution in [2.45, 2.75) is 31.7 Å². The molecule has 1 aromatic heterocycles. The SMILES string of the molecule is Cc1ccc([C@@H]2Nc3ccccc3NC3=C2C(=O)C[C@H](c2ccccc2)C3)s1. The second-order valence-corrected chi connectivity index (χ2v) is 8.85. The Kier molecular flexibility index (Phi) is 4.29. The number of ketones is 1. The highest BCUT2D eigenvalue weighted by Crippen LogP contribution is 2.45. The van der Waals surface area contributed by atoms with Gasteiger partial charge in [-0.05, 0) is 49.1 Å². The minimum Gasteiger partial charge on any atom is -0.372 e. The van der Waals surface area contributed by atoms with Crippen molar-refractivity contribution in [2.75, 3.05) is 10.6 Å². The first kappa shape index (κ1) is 17.3. The van der Waals surface area contributed by atoms with Crippen molar-refractivity contribution < 1.29 is 4.79 Å². The van der Waals surface area contributed by atoms with E-state index >= 15 is 0 Å². The molecule has 0 unspecified atom stereocenters. The molecule has 0 amide bonds. The fourth-order valence-corrected chi connectivity index (χ4v) is 5.21. The van der Waals surface area contributed by atoms with Crippen molar-refractivity contribution in [3.63, 3.8) is 0 Å². The zero-order valence-electron chi connectivity index (χ0n) is 15.7. The van der Waals surface area contributed by atoms with Crippen LogP contribution in [0.25, 0.3) is 0 Å². The smallest absolute Gasteiger partial charge is 0.163 e. The van der Waals surface area contributed by atoms with Crippen molar-refractivity contribution in [2.24, 2.45) is 0 Å². The molecular weight excluding hydrogens is 364 g/mol. The van der Waals surface area contributed by atoms with E-state index in [0.29, 0.717) is 6.42 Å². The lowest BCUT2D eigenvalue weighted by molar-refractivity contribution is -0.116. The van der Waals surface area contributed by atoms with Crippen LogP contribution in [0, 0.1) is 6.92 Å². The van der Waals surface area contributed by atoms with Gasteiger partial charge in [0, 0.05) is 27.4 Å². The second-order valence-electron chi connectivity index (χ2n) is 7.53. The average Bonchev–Trinajstić information content (AvgIpc) is 3.06. The molecule has 0 bridgehead atoms. The lowest BCUT2D eigenvalue weighted by atomic mass is 9.79. The molecule has 2 aliphatic rings. The molecule has 28 heavy (non-hydrogen) atoms. The molecule has 2 heterocycles. The first-order valence-electron chi connectivity index (χ1n) is 9.69. The van der Waals surface area contributed by atoms with Crippen LogP contribution in [0.4, 0.5) is 11.4 Å². The van der Waals surface area contributed by atoms with Gasteiger partial charge in [-0.25, -0.2) is 0 Å². The highest BCUT2D eigenvalue weighted by atomic mass is 32.1. The number of hydrogen-bond acceptors (Lipinski definition) is 4. The summed E-state index contributed by atoms with van der Waals surface area (Å²) in [6.45, 7) is 2.11. The third kappa shape index (κ3) is 3.04. The van der Waals surface area contributed by atoms with Gasteiger partial charge in [0.25, 0.3) is 0 Å². The first-order chi connectivity index (χ1) is 13.7. The van der Waals surface area contributed by atoms with Crippen molar-refractivity contribution in [3.8, 4) is 0 Å². The minimum absolute atomic E-state index is 0.103. The van der Waals surface area contributed by atoms with E-state index in [9.17, 15) is 4.79 Å². The molecule has 2 N–H and O–H groups in total. The third-order valence-electron chi connectivity index (χ3n) is 5.63. The number of aryl methyl sites for hydroxylation is 1. The van der Waals surface area contributed by atoms with Gasteiger partial charge >= 0.3 is 0 Å². The molecule has 4 heteroatoms. The summed E-state index contributed by atoms with van der Waals surface area (Å²) in [6.07, 6.45) is 1.41. The number of allylic oxidation sites excluding steroid dienone is 1. The Balaban J connectivity index is 1.61. The van der Waals surface area contributed by atoms with Crippen molar-refractivity contribution in [3.05, 3.63) is 93.3 Å². The Labute approximate surface area is 169 Å². The maximum Gasteiger partial charge on any atom is 0.163 e. The van der Waals surface area contributed by atoms with E-state index in [4.69, 9.17) is 0 Å². The maximum absolute atomic E-state index is 13.4.